The minimum Gasteiger partial charge on any atom is -0.272 e. The molecule has 90 valence electrons. The Morgan fingerprint density at radius 1 is 1.35 bits per heavy atom. The van der Waals surface area contributed by atoms with Crippen LogP contribution in [0.15, 0.2) is 22.7 Å². The minimum absolute atomic E-state index is 0.652. The molecule has 0 saturated carbocycles. The number of hydrogen-bond donors (Lipinski definition) is 1. The summed E-state index contributed by atoms with van der Waals surface area (Å²) in [4.78, 5) is 0. The van der Waals surface area contributed by atoms with E-state index in [0.29, 0.717) is 4.77 Å². The molecule has 0 unspecified atom stereocenters. The van der Waals surface area contributed by atoms with Gasteiger partial charge in [0.05, 0.1) is 5.69 Å². The van der Waals surface area contributed by atoms with E-state index in [1.165, 1.54) is 5.56 Å². The Bertz CT molecular complexity index is 586. The van der Waals surface area contributed by atoms with Gasteiger partial charge in [-0.15, -0.1) is 0 Å². The highest BCUT2D eigenvalue weighted by atomic mass is 79.9. The Labute approximate surface area is 114 Å². The Hall–Kier alpha value is -0.940. The van der Waals surface area contributed by atoms with Gasteiger partial charge in [-0.2, -0.15) is 5.10 Å². The molecule has 0 fully saturated rings. The highest BCUT2D eigenvalue weighted by Gasteiger charge is 2.10. The molecule has 17 heavy (non-hydrogen) atoms. The number of nitrogens with zero attached hydrogens (tertiary/aromatic N) is 2. The largest absolute Gasteiger partial charge is 0.272 e. The number of hydrogen-bond acceptors (Lipinski definition) is 2. The highest BCUT2D eigenvalue weighted by Crippen LogP contribution is 2.22. The van der Waals surface area contributed by atoms with Crippen LogP contribution in [0.1, 0.15) is 25.2 Å². The van der Waals surface area contributed by atoms with E-state index < -0.39 is 0 Å². The van der Waals surface area contributed by atoms with Crippen LogP contribution in [0.5, 0.6) is 0 Å². The predicted octanol–water partition coefficient (Wildman–Crippen LogP) is 3.82. The SMILES string of the molecule is CCc1cc(Br)ccc1-n1c(CC)n[nH]c1=S. The van der Waals surface area contributed by atoms with Crippen molar-refractivity contribution in [2.75, 3.05) is 0 Å². The molecular weight excluding hydrogens is 298 g/mol. The third kappa shape index (κ3) is 2.35. The van der Waals surface area contributed by atoms with Crippen molar-refractivity contribution in [3.8, 4) is 5.69 Å². The molecule has 0 aliphatic rings. The van der Waals surface area contributed by atoms with Gasteiger partial charge in [-0.05, 0) is 42.4 Å². The van der Waals surface area contributed by atoms with Gasteiger partial charge >= 0.3 is 0 Å². The molecule has 5 heteroatoms. The summed E-state index contributed by atoms with van der Waals surface area (Å²) in [5.74, 6) is 0.965. The number of H-pyrrole nitrogens is 1. The molecule has 1 heterocycles. The number of rotatable bonds is 3. The first-order chi connectivity index (χ1) is 8.17. The number of aromatic amines is 1. The summed E-state index contributed by atoms with van der Waals surface area (Å²) < 4.78 is 3.76. The maximum Gasteiger partial charge on any atom is 0.199 e. The van der Waals surface area contributed by atoms with Crippen molar-refractivity contribution in [2.45, 2.75) is 26.7 Å². The average molecular weight is 312 g/mol. The lowest BCUT2D eigenvalue weighted by Crippen LogP contribution is -2.03. The van der Waals surface area contributed by atoms with Crippen LogP contribution >= 0.6 is 28.1 Å². The van der Waals surface area contributed by atoms with Crippen molar-refractivity contribution in [1.29, 1.82) is 0 Å². The smallest absolute Gasteiger partial charge is 0.199 e. The van der Waals surface area contributed by atoms with Crippen LogP contribution in [0.3, 0.4) is 0 Å². The molecule has 0 saturated heterocycles. The maximum absolute atomic E-state index is 5.29. The number of nitrogens with one attached hydrogen (secondary N) is 1. The highest BCUT2D eigenvalue weighted by molar-refractivity contribution is 9.10. The zero-order valence-electron chi connectivity index (χ0n) is 9.83. The standard InChI is InChI=1S/C12H14BrN3S/c1-3-8-7-9(13)5-6-10(8)16-11(4-2)14-15-12(16)17/h5-7H,3-4H2,1-2H3,(H,15,17). The fourth-order valence-electron chi connectivity index (χ4n) is 1.87. The molecule has 0 radical (unpaired) electrons. The first-order valence-corrected chi connectivity index (χ1v) is 6.82. The van der Waals surface area contributed by atoms with Crippen molar-refractivity contribution >= 4 is 28.1 Å². The molecule has 1 aromatic carbocycles. The van der Waals surface area contributed by atoms with Crippen LogP contribution < -0.4 is 0 Å². The summed E-state index contributed by atoms with van der Waals surface area (Å²) in [7, 11) is 0. The summed E-state index contributed by atoms with van der Waals surface area (Å²) in [6, 6.07) is 6.24. The second-order valence-electron chi connectivity index (χ2n) is 3.76. The maximum atomic E-state index is 5.29. The van der Waals surface area contributed by atoms with Crippen LogP contribution in [-0.2, 0) is 12.8 Å². The molecule has 0 spiro atoms. The van der Waals surface area contributed by atoms with Gasteiger partial charge in [0.25, 0.3) is 0 Å². The first kappa shape index (κ1) is 12.5. The third-order valence-corrected chi connectivity index (χ3v) is 3.49. The van der Waals surface area contributed by atoms with Crippen LogP contribution in [0.4, 0.5) is 0 Å². The van der Waals surface area contributed by atoms with Gasteiger partial charge in [0.15, 0.2) is 4.77 Å². The molecule has 0 bridgehead atoms. The topological polar surface area (TPSA) is 33.6 Å². The lowest BCUT2D eigenvalue weighted by Gasteiger charge is -2.11. The number of halogens is 1. The molecular formula is C12H14BrN3S. The Kier molecular flexibility index (Phi) is 3.79. The van der Waals surface area contributed by atoms with E-state index in [0.717, 1.165) is 28.8 Å². The molecule has 2 rings (SSSR count). The zero-order chi connectivity index (χ0) is 12.4. The van der Waals surface area contributed by atoms with Crippen molar-refractivity contribution in [1.82, 2.24) is 14.8 Å². The first-order valence-electron chi connectivity index (χ1n) is 5.62. The monoisotopic (exact) mass is 311 g/mol. The van der Waals surface area contributed by atoms with Gasteiger partial charge < -0.3 is 0 Å². The Morgan fingerprint density at radius 2 is 2.12 bits per heavy atom. The van der Waals surface area contributed by atoms with E-state index in [1.807, 2.05) is 10.6 Å². The fourth-order valence-corrected chi connectivity index (χ4v) is 2.53. The molecule has 0 aliphatic carbocycles. The summed E-state index contributed by atoms with van der Waals surface area (Å²) >= 11 is 8.79. The van der Waals surface area contributed by atoms with Gasteiger partial charge in [0, 0.05) is 10.9 Å². The molecule has 1 aromatic heterocycles. The van der Waals surface area contributed by atoms with Crippen molar-refractivity contribution < 1.29 is 0 Å². The number of aromatic nitrogens is 3. The predicted molar refractivity (Wildman–Crippen MR) is 75.2 cm³/mol. The van der Waals surface area contributed by atoms with E-state index in [9.17, 15) is 0 Å². The number of aryl methyl sites for hydroxylation is 2. The zero-order valence-corrected chi connectivity index (χ0v) is 12.2. The quantitative estimate of drug-likeness (QED) is 0.874. The van der Waals surface area contributed by atoms with E-state index in [-0.39, 0.29) is 0 Å². The van der Waals surface area contributed by atoms with Crippen molar-refractivity contribution in [2.24, 2.45) is 0 Å². The van der Waals surface area contributed by atoms with E-state index >= 15 is 0 Å². The van der Waals surface area contributed by atoms with Crippen molar-refractivity contribution in [3.63, 3.8) is 0 Å². The van der Waals surface area contributed by atoms with Gasteiger partial charge in [-0.3, -0.25) is 9.67 Å². The van der Waals surface area contributed by atoms with Crippen molar-refractivity contribution in [3.05, 3.63) is 38.8 Å². The Morgan fingerprint density at radius 3 is 2.76 bits per heavy atom. The van der Waals surface area contributed by atoms with Crippen LogP contribution in [0.25, 0.3) is 5.69 Å². The lowest BCUT2D eigenvalue weighted by atomic mass is 10.1. The molecule has 0 atom stereocenters. The molecule has 2 aromatic rings. The van der Waals surface area contributed by atoms with Gasteiger partial charge in [-0.25, -0.2) is 0 Å². The van der Waals surface area contributed by atoms with Gasteiger partial charge in [0.1, 0.15) is 5.82 Å². The normalized spacial score (nSPS) is 10.8. The second-order valence-corrected chi connectivity index (χ2v) is 5.06. The third-order valence-electron chi connectivity index (χ3n) is 2.72. The van der Waals surface area contributed by atoms with Crippen LogP contribution in [-0.4, -0.2) is 14.8 Å². The van der Waals surface area contributed by atoms with Gasteiger partial charge in [0.2, 0.25) is 0 Å². The molecule has 3 nitrogen and oxygen atoms in total. The summed E-state index contributed by atoms with van der Waals surface area (Å²) in [6.07, 6.45) is 1.82. The van der Waals surface area contributed by atoms with Crippen LogP contribution in [0, 0.1) is 4.77 Å². The van der Waals surface area contributed by atoms with Crippen LogP contribution in [0.2, 0.25) is 0 Å². The average Bonchev–Trinajstić information content (AvgIpc) is 2.70. The fraction of sp³-hybridized carbons (Fsp3) is 0.333. The summed E-state index contributed by atoms with van der Waals surface area (Å²) in [5, 5.41) is 7.10. The van der Waals surface area contributed by atoms with E-state index in [4.69, 9.17) is 12.2 Å². The van der Waals surface area contributed by atoms with Gasteiger partial charge in [-0.1, -0.05) is 29.8 Å². The lowest BCUT2D eigenvalue weighted by molar-refractivity contribution is 0.869. The van der Waals surface area contributed by atoms with E-state index in [2.05, 4.69) is 52.1 Å². The Balaban J connectivity index is 2.67. The molecule has 0 amide bonds. The number of benzene rings is 1. The summed E-state index contributed by atoms with van der Waals surface area (Å²) in [5.41, 5.74) is 2.37. The second kappa shape index (κ2) is 5.14. The minimum atomic E-state index is 0.652. The van der Waals surface area contributed by atoms with E-state index in [1.54, 1.807) is 0 Å². The molecule has 1 N–H and O–H groups in total. The summed E-state index contributed by atoms with van der Waals surface area (Å²) in [6.45, 7) is 4.21. The molecule has 0 aliphatic heterocycles.